The lowest BCUT2D eigenvalue weighted by Crippen LogP contribution is -2.50. The van der Waals surface area contributed by atoms with Gasteiger partial charge in [-0.25, -0.2) is 13.2 Å². The fraction of sp³-hybridized carbons (Fsp3) is 0.476. The van der Waals surface area contributed by atoms with Crippen molar-refractivity contribution < 1.29 is 22.4 Å². The molecule has 1 amide bonds. The van der Waals surface area contributed by atoms with Gasteiger partial charge in [-0.1, -0.05) is 12.1 Å². The van der Waals surface area contributed by atoms with Crippen LogP contribution in [0, 0.1) is 13.8 Å². The lowest BCUT2D eigenvalue weighted by atomic mass is 10.2. The third-order valence-electron chi connectivity index (χ3n) is 4.71. The van der Waals surface area contributed by atoms with Crippen molar-refractivity contribution in [2.75, 3.05) is 35.8 Å². The molecule has 8 nitrogen and oxygen atoms in total. The summed E-state index contributed by atoms with van der Waals surface area (Å²) in [5.74, 6) is 0.892. The monoisotopic (exact) mass is 435 g/mol. The molecule has 1 aromatic carbocycles. The lowest BCUT2D eigenvalue weighted by molar-refractivity contribution is 0.0240. The predicted octanol–water partition coefficient (Wildman–Crippen LogP) is 3.75. The van der Waals surface area contributed by atoms with Crippen LogP contribution in [0.4, 0.5) is 16.2 Å². The number of carbonyl (C=O) groups is 1. The van der Waals surface area contributed by atoms with E-state index in [4.69, 9.17) is 9.15 Å². The van der Waals surface area contributed by atoms with Crippen LogP contribution in [0.2, 0.25) is 0 Å². The van der Waals surface area contributed by atoms with Crippen molar-refractivity contribution >= 4 is 27.5 Å². The number of piperazine rings is 1. The van der Waals surface area contributed by atoms with E-state index in [9.17, 15) is 13.2 Å². The minimum absolute atomic E-state index is 0.129. The van der Waals surface area contributed by atoms with E-state index in [1.54, 1.807) is 30.9 Å². The molecular weight excluding hydrogens is 406 g/mol. The number of amides is 1. The average molecular weight is 436 g/mol. The fourth-order valence-electron chi connectivity index (χ4n) is 3.37. The van der Waals surface area contributed by atoms with E-state index in [2.05, 4.69) is 9.62 Å². The van der Waals surface area contributed by atoms with Crippen LogP contribution in [-0.2, 0) is 14.8 Å². The Bertz CT molecular complexity index is 1020. The summed E-state index contributed by atoms with van der Waals surface area (Å²) >= 11 is 0. The zero-order chi connectivity index (χ0) is 22.1. The van der Waals surface area contributed by atoms with E-state index in [1.165, 1.54) is 6.07 Å². The second kappa shape index (κ2) is 8.22. The summed E-state index contributed by atoms with van der Waals surface area (Å²) in [5.41, 5.74) is 0.715. The molecule has 1 fully saturated rings. The highest BCUT2D eigenvalue weighted by molar-refractivity contribution is 7.92. The van der Waals surface area contributed by atoms with E-state index < -0.39 is 15.6 Å². The normalized spacial score (nSPS) is 15.2. The molecule has 1 aliphatic heterocycles. The van der Waals surface area contributed by atoms with Crippen LogP contribution >= 0.6 is 0 Å². The number of nitrogens with one attached hydrogen (secondary N) is 1. The third-order valence-corrected chi connectivity index (χ3v) is 6.18. The van der Waals surface area contributed by atoms with Crippen LogP contribution in [0.1, 0.15) is 32.3 Å². The molecule has 2 heterocycles. The van der Waals surface area contributed by atoms with Gasteiger partial charge in [0, 0.05) is 32.2 Å². The van der Waals surface area contributed by atoms with E-state index in [-0.39, 0.29) is 11.0 Å². The SMILES string of the molecule is Cc1cc(S(=O)(=O)Nc2ccccc2N2CCN(C(=O)OC(C)(C)C)CC2)c(C)o1. The number of carbonyl (C=O) groups excluding carboxylic acids is 1. The van der Waals surface area contributed by atoms with Gasteiger partial charge in [-0.05, 0) is 46.8 Å². The van der Waals surface area contributed by atoms with Gasteiger partial charge in [-0.3, -0.25) is 4.72 Å². The number of sulfonamides is 1. The van der Waals surface area contributed by atoms with Crippen molar-refractivity contribution in [1.82, 2.24) is 4.90 Å². The summed E-state index contributed by atoms with van der Waals surface area (Å²) in [6.07, 6.45) is -0.332. The van der Waals surface area contributed by atoms with Gasteiger partial charge < -0.3 is 19.0 Å². The van der Waals surface area contributed by atoms with Crippen LogP contribution in [0.25, 0.3) is 0 Å². The molecule has 0 bridgehead atoms. The summed E-state index contributed by atoms with van der Waals surface area (Å²) in [6.45, 7) is 11.0. The number of hydrogen-bond donors (Lipinski definition) is 1. The van der Waals surface area contributed by atoms with Crippen LogP contribution < -0.4 is 9.62 Å². The van der Waals surface area contributed by atoms with Gasteiger partial charge in [-0.2, -0.15) is 0 Å². The Hall–Kier alpha value is -2.68. The molecule has 1 aliphatic rings. The largest absolute Gasteiger partial charge is 0.465 e. The summed E-state index contributed by atoms with van der Waals surface area (Å²) in [4.78, 5) is 16.2. The molecule has 3 rings (SSSR count). The summed E-state index contributed by atoms with van der Waals surface area (Å²) < 4.78 is 39.3. The lowest BCUT2D eigenvalue weighted by Gasteiger charge is -2.37. The number of para-hydroxylation sites is 2. The Morgan fingerprint density at radius 2 is 1.73 bits per heavy atom. The highest BCUT2D eigenvalue weighted by atomic mass is 32.2. The maximum absolute atomic E-state index is 12.9. The molecule has 1 aromatic heterocycles. The molecule has 2 aromatic rings. The zero-order valence-electron chi connectivity index (χ0n) is 18.1. The van der Waals surface area contributed by atoms with Gasteiger partial charge in [0.25, 0.3) is 10.0 Å². The first-order chi connectivity index (χ1) is 14.0. The molecule has 0 radical (unpaired) electrons. The first-order valence-corrected chi connectivity index (χ1v) is 11.4. The standard InChI is InChI=1S/C21H29N3O5S/c1-15-14-19(16(2)28-15)30(26,27)22-17-8-6-7-9-18(17)23-10-12-24(13-11-23)20(25)29-21(3,4)5/h6-9,14,22H,10-13H2,1-5H3. The summed E-state index contributed by atoms with van der Waals surface area (Å²) in [5, 5.41) is 0. The van der Waals surface area contributed by atoms with Crippen LogP contribution in [0.15, 0.2) is 39.6 Å². The molecule has 164 valence electrons. The summed E-state index contributed by atoms with van der Waals surface area (Å²) in [6, 6.07) is 8.76. The van der Waals surface area contributed by atoms with Crippen LogP contribution in [0.5, 0.6) is 0 Å². The predicted molar refractivity (Wildman–Crippen MR) is 115 cm³/mol. The minimum atomic E-state index is -3.78. The Balaban J connectivity index is 1.74. The van der Waals surface area contributed by atoms with Crippen molar-refractivity contribution in [3.8, 4) is 0 Å². The molecule has 0 aliphatic carbocycles. The second-order valence-corrected chi connectivity index (χ2v) is 10.0. The average Bonchev–Trinajstić information content (AvgIpc) is 3.00. The van der Waals surface area contributed by atoms with Gasteiger partial charge in [-0.15, -0.1) is 0 Å². The maximum Gasteiger partial charge on any atom is 0.410 e. The Kier molecular flexibility index (Phi) is 6.03. The van der Waals surface area contributed by atoms with Crippen molar-refractivity contribution in [3.63, 3.8) is 0 Å². The molecule has 0 spiro atoms. The second-order valence-electron chi connectivity index (χ2n) is 8.35. The van der Waals surface area contributed by atoms with Crippen molar-refractivity contribution in [2.24, 2.45) is 0 Å². The zero-order valence-corrected chi connectivity index (χ0v) is 18.9. The van der Waals surface area contributed by atoms with E-state index in [0.717, 1.165) is 5.69 Å². The molecule has 1 saturated heterocycles. The van der Waals surface area contributed by atoms with Crippen LogP contribution in [-0.4, -0.2) is 51.2 Å². The number of rotatable bonds is 4. The van der Waals surface area contributed by atoms with Gasteiger partial charge in [0.2, 0.25) is 0 Å². The van der Waals surface area contributed by atoms with Crippen LogP contribution in [0.3, 0.4) is 0 Å². The number of benzene rings is 1. The smallest absolute Gasteiger partial charge is 0.410 e. The van der Waals surface area contributed by atoms with Gasteiger partial charge in [0.05, 0.1) is 11.4 Å². The number of nitrogens with zero attached hydrogens (tertiary/aromatic N) is 2. The summed E-state index contributed by atoms with van der Waals surface area (Å²) in [7, 11) is -3.78. The Morgan fingerprint density at radius 3 is 2.30 bits per heavy atom. The number of anilines is 2. The van der Waals surface area contributed by atoms with Crippen molar-refractivity contribution in [1.29, 1.82) is 0 Å². The fourth-order valence-corrected chi connectivity index (χ4v) is 4.68. The molecule has 30 heavy (non-hydrogen) atoms. The molecule has 0 unspecified atom stereocenters. The van der Waals surface area contributed by atoms with Gasteiger partial charge >= 0.3 is 6.09 Å². The minimum Gasteiger partial charge on any atom is -0.465 e. The number of ether oxygens (including phenoxy) is 1. The first kappa shape index (κ1) is 22.0. The third kappa shape index (κ3) is 5.08. The topological polar surface area (TPSA) is 92.1 Å². The van der Waals surface area contributed by atoms with E-state index in [1.807, 2.05) is 32.9 Å². The molecular formula is C21H29N3O5S. The van der Waals surface area contributed by atoms with Gasteiger partial charge in [0.15, 0.2) is 0 Å². The molecule has 1 N–H and O–H groups in total. The highest BCUT2D eigenvalue weighted by Crippen LogP contribution is 2.30. The molecule has 0 saturated carbocycles. The molecule has 0 atom stereocenters. The van der Waals surface area contributed by atoms with Crippen molar-refractivity contribution in [3.05, 3.63) is 41.9 Å². The quantitative estimate of drug-likeness (QED) is 0.786. The number of aryl methyl sites for hydroxylation is 2. The Morgan fingerprint density at radius 1 is 1.10 bits per heavy atom. The van der Waals surface area contributed by atoms with Crippen molar-refractivity contribution in [2.45, 2.75) is 45.1 Å². The maximum atomic E-state index is 12.9. The molecule has 9 heteroatoms. The number of furan rings is 1. The van der Waals surface area contributed by atoms with Gasteiger partial charge in [0.1, 0.15) is 22.0 Å². The van der Waals surface area contributed by atoms with E-state index >= 15 is 0 Å². The number of hydrogen-bond acceptors (Lipinski definition) is 6. The Labute approximate surface area is 177 Å². The first-order valence-electron chi connectivity index (χ1n) is 9.88. The van der Waals surface area contributed by atoms with E-state index in [0.29, 0.717) is 43.4 Å². The highest BCUT2D eigenvalue weighted by Gasteiger charge is 2.28.